The van der Waals surface area contributed by atoms with Gasteiger partial charge in [0.1, 0.15) is 5.69 Å². The van der Waals surface area contributed by atoms with Gasteiger partial charge in [-0.2, -0.15) is 0 Å². The number of anilines is 1. The molecule has 0 saturated carbocycles. The standard InChI is InChI=1S/C23H27N3/c1-2-15-24-23-13-12-21(26-18-23)10-6-7-11-22-17-20(14-16-25-22)19-8-4-3-5-9-19/h3-5,8-9,12-14,18,22,24-25H,2,7,11,15-17H2,1H3. The zero-order chi connectivity index (χ0) is 18.0. The summed E-state index contributed by atoms with van der Waals surface area (Å²) in [5.74, 6) is 6.45. The van der Waals surface area contributed by atoms with Gasteiger partial charge in [-0.05, 0) is 48.5 Å². The lowest BCUT2D eigenvalue weighted by Gasteiger charge is -2.24. The van der Waals surface area contributed by atoms with E-state index in [4.69, 9.17) is 0 Å². The van der Waals surface area contributed by atoms with E-state index in [2.05, 4.69) is 70.8 Å². The Morgan fingerprint density at radius 3 is 2.85 bits per heavy atom. The summed E-state index contributed by atoms with van der Waals surface area (Å²) >= 11 is 0. The van der Waals surface area contributed by atoms with Crippen molar-refractivity contribution in [2.45, 2.75) is 38.6 Å². The number of hydrogen-bond donors (Lipinski definition) is 2. The van der Waals surface area contributed by atoms with Gasteiger partial charge in [0.15, 0.2) is 0 Å². The molecule has 1 aliphatic rings. The van der Waals surface area contributed by atoms with Crippen LogP contribution in [0, 0.1) is 11.8 Å². The molecule has 1 unspecified atom stereocenters. The van der Waals surface area contributed by atoms with Crippen molar-refractivity contribution in [1.29, 1.82) is 0 Å². The fourth-order valence-electron chi connectivity index (χ4n) is 3.10. The molecule has 0 aliphatic carbocycles. The second-order valence-corrected chi connectivity index (χ2v) is 6.60. The van der Waals surface area contributed by atoms with Crippen molar-refractivity contribution < 1.29 is 0 Å². The van der Waals surface area contributed by atoms with E-state index in [0.29, 0.717) is 6.04 Å². The maximum absolute atomic E-state index is 4.41. The van der Waals surface area contributed by atoms with Crippen molar-refractivity contribution in [2.75, 3.05) is 18.4 Å². The Kier molecular flexibility index (Phi) is 6.87. The van der Waals surface area contributed by atoms with Gasteiger partial charge in [-0.3, -0.25) is 0 Å². The molecule has 134 valence electrons. The molecule has 0 amide bonds. The van der Waals surface area contributed by atoms with Crippen molar-refractivity contribution in [1.82, 2.24) is 10.3 Å². The van der Waals surface area contributed by atoms with Gasteiger partial charge < -0.3 is 10.6 Å². The zero-order valence-electron chi connectivity index (χ0n) is 15.5. The van der Waals surface area contributed by atoms with Gasteiger partial charge in [0, 0.05) is 25.6 Å². The molecule has 0 saturated heterocycles. The van der Waals surface area contributed by atoms with Crippen molar-refractivity contribution >= 4 is 11.3 Å². The predicted molar refractivity (Wildman–Crippen MR) is 110 cm³/mol. The van der Waals surface area contributed by atoms with E-state index in [-0.39, 0.29) is 0 Å². The lowest BCUT2D eigenvalue weighted by Crippen LogP contribution is -2.32. The summed E-state index contributed by atoms with van der Waals surface area (Å²) in [4.78, 5) is 4.41. The fraction of sp³-hybridized carbons (Fsp3) is 0.348. The average Bonchev–Trinajstić information content (AvgIpc) is 2.71. The number of nitrogens with zero attached hydrogens (tertiary/aromatic N) is 1. The molecule has 2 heterocycles. The van der Waals surface area contributed by atoms with E-state index in [0.717, 1.165) is 50.2 Å². The molecule has 0 radical (unpaired) electrons. The lowest BCUT2D eigenvalue weighted by molar-refractivity contribution is 0.508. The molecule has 3 nitrogen and oxygen atoms in total. The first-order valence-corrected chi connectivity index (χ1v) is 9.52. The van der Waals surface area contributed by atoms with E-state index in [1.54, 1.807) is 0 Å². The van der Waals surface area contributed by atoms with Crippen molar-refractivity contribution in [3.63, 3.8) is 0 Å². The van der Waals surface area contributed by atoms with E-state index in [1.165, 1.54) is 11.1 Å². The first-order valence-electron chi connectivity index (χ1n) is 9.52. The van der Waals surface area contributed by atoms with Gasteiger partial charge in [-0.25, -0.2) is 4.98 Å². The molecule has 0 bridgehead atoms. The highest BCUT2D eigenvalue weighted by molar-refractivity contribution is 5.66. The number of nitrogens with one attached hydrogen (secondary N) is 2. The minimum atomic E-state index is 0.498. The third kappa shape index (κ3) is 5.47. The van der Waals surface area contributed by atoms with Crippen LogP contribution in [-0.2, 0) is 0 Å². The number of aromatic nitrogens is 1. The second kappa shape index (κ2) is 9.79. The molecule has 0 fully saturated rings. The largest absolute Gasteiger partial charge is 0.384 e. The molecule has 2 aromatic rings. The second-order valence-electron chi connectivity index (χ2n) is 6.60. The highest BCUT2D eigenvalue weighted by Crippen LogP contribution is 2.23. The van der Waals surface area contributed by atoms with Gasteiger partial charge >= 0.3 is 0 Å². The summed E-state index contributed by atoms with van der Waals surface area (Å²) in [6, 6.07) is 15.2. The summed E-state index contributed by atoms with van der Waals surface area (Å²) in [5.41, 5.74) is 4.68. The summed E-state index contributed by atoms with van der Waals surface area (Å²) in [6.45, 7) is 4.07. The van der Waals surface area contributed by atoms with Crippen LogP contribution < -0.4 is 10.6 Å². The van der Waals surface area contributed by atoms with Gasteiger partial charge in [0.05, 0.1) is 11.9 Å². The van der Waals surface area contributed by atoms with Crippen molar-refractivity contribution in [3.05, 3.63) is 66.0 Å². The Balaban J connectivity index is 1.47. The summed E-state index contributed by atoms with van der Waals surface area (Å²) in [6.07, 6.45) is 8.29. The predicted octanol–water partition coefficient (Wildman–Crippen LogP) is 4.48. The molecule has 0 spiro atoms. The van der Waals surface area contributed by atoms with Crippen LogP contribution in [0.15, 0.2) is 54.7 Å². The monoisotopic (exact) mass is 345 g/mol. The Morgan fingerprint density at radius 2 is 2.08 bits per heavy atom. The number of hydrogen-bond acceptors (Lipinski definition) is 3. The van der Waals surface area contributed by atoms with E-state index < -0.39 is 0 Å². The van der Waals surface area contributed by atoms with E-state index in [9.17, 15) is 0 Å². The summed E-state index contributed by atoms with van der Waals surface area (Å²) < 4.78 is 0. The number of pyridine rings is 1. The first-order chi connectivity index (χ1) is 12.8. The van der Waals surface area contributed by atoms with Crippen LogP contribution in [-0.4, -0.2) is 24.1 Å². The maximum atomic E-state index is 4.41. The van der Waals surface area contributed by atoms with Crippen molar-refractivity contribution in [3.8, 4) is 11.8 Å². The van der Waals surface area contributed by atoms with Crippen LogP contribution in [0.5, 0.6) is 0 Å². The minimum Gasteiger partial charge on any atom is -0.384 e. The Labute approximate surface area is 156 Å². The third-order valence-electron chi connectivity index (χ3n) is 4.54. The SMILES string of the molecule is CCCNc1ccc(C#CCCC2CC(c3ccccc3)=CCN2)nc1. The molecule has 1 aliphatic heterocycles. The molecular weight excluding hydrogens is 318 g/mol. The fourth-order valence-corrected chi connectivity index (χ4v) is 3.10. The normalized spacial score (nSPS) is 16.3. The van der Waals surface area contributed by atoms with Gasteiger partial charge in [0.25, 0.3) is 0 Å². The molecule has 1 aromatic heterocycles. The number of rotatable bonds is 6. The minimum absolute atomic E-state index is 0.498. The quantitative estimate of drug-likeness (QED) is 0.758. The van der Waals surface area contributed by atoms with Gasteiger partial charge in [-0.15, -0.1) is 0 Å². The Morgan fingerprint density at radius 1 is 1.19 bits per heavy atom. The first kappa shape index (κ1) is 18.2. The average molecular weight is 345 g/mol. The highest BCUT2D eigenvalue weighted by atomic mass is 14.9. The van der Waals surface area contributed by atoms with Crippen LogP contribution in [0.4, 0.5) is 5.69 Å². The maximum Gasteiger partial charge on any atom is 0.113 e. The third-order valence-corrected chi connectivity index (χ3v) is 4.54. The highest BCUT2D eigenvalue weighted by Gasteiger charge is 2.15. The molecule has 2 N–H and O–H groups in total. The molecular formula is C23H27N3. The van der Waals surface area contributed by atoms with Crippen LogP contribution >= 0.6 is 0 Å². The van der Waals surface area contributed by atoms with Gasteiger partial charge in [0.2, 0.25) is 0 Å². The molecule has 3 rings (SSSR count). The van der Waals surface area contributed by atoms with E-state index >= 15 is 0 Å². The van der Waals surface area contributed by atoms with Gasteiger partial charge in [-0.1, -0.05) is 49.3 Å². The summed E-state index contributed by atoms with van der Waals surface area (Å²) in [5, 5.41) is 6.90. The number of benzene rings is 1. The molecule has 26 heavy (non-hydrogen) atoms. The van der Waals surface area contributed by atoms with Crippen LogP contribution in [0.25, 0.3) is 5.57 Å². The van der Waals surface area contributed by atoms with Crippen LogP contribution in [0.3, 0.4) is 0 Å². The van der Waals surface area contributed by atoms with Crippen LogP contribution in [0.2, 0.25) is 0 Å². The van der Waals surface area contributed by atoms with Crippen LogP contribution in [0.1, 0.15) is 43.9 Å². The molecule has 1 aromatic carbocycles. The van der Waals surface area contributed by atoms with E-state index in [1.807, 2.05) is 18.3 Å². The Bertz CT molecular complexity index is 767. The van der Waals surface area contributed by atoms with Crippen molar-refractivity contribution in [2.24, 2.45) is 0 Å². The topological polar surface area (TPSA) is 37.0 Å². The lowest BCUT2D eigenvalue weighted by atomic mass is 9.93. The smallest absolute Gasteiger partial charge is 0.113 e. The molecule has 1 atom stereocenters. The zero-order valence-corrected chi connectivity index (χ0v) is 15.5. The molecule has 3 heteroatoms. The Hall–Kier alpha value is -2.57. The summed E-state index contributed by atoms with van der Waals surface area (Å²) in [7, 11) is 0.